The monoisotopic (exact) mass is 558 g/mol. The summed E-state index contributed by atoms with van der Waals surface area (Å²) in [6.45, 7) is -2.40. The molecular formula is C22H22F3IN4O2. The van der Waals surface area contributed by atoms with Crippen LogP contribution in [0.3, 0.4) is 0 Å². The van der Waals surface area contributed by atoms with Crippen molar-refractivity contribution in [2.24, 2.45) is 4.99 Å². The Balaban J connectivity index is 0.00000363. The van der Waals surface area contributed by atoms with Crippen molar-refractivity contribution >= 4 is 29.9 Å². The highest BCUT2D eigenvalue weighted by Gasteiger charge is 2.10. The minimum Gasteiger partial charge on any atom is -0.453 e. The first-order valence-electron chi connectivity index (χ1n) is 9.38. The van der Waals surface area contributed by atoms with E-state index in [0.717, 1.165) is 0 Å². The molecule has 0 fully saturated rings. The smallest absolute Gasteiger partial charge is 0.387 e. The van der Waals surface area contributed by atoms with E-state index in [-0.39, 0.29) is 42.0 Å². The number of halogens is 4. The van der Waals surface area contributed by atoms with Gasteiger partial charge in [-0.05, 0) is 35.9 Å². The summed E-state index contributed by atoms with van der Waals surface area (Å²) >= 11 is 0. The Morgan fingerprint density at radius 3 is 2.50 bits per heavy atom. The summed E-state index contributed by atoms with van der Waals surface area (Å²) in [6.07, 6.45) is 3.10. The summed E-state index contributed by atoms with van der Waals surface area (Å²) in [7, 11) is 1.57. The molecular weight excluding hydrogens is 536 g/mol. The molecule has 0 aliphatic heterocycles. The van der Waals surface area contributed by atoms with Gasteiger partial charge in [0.2, 0.25) is 0 Å². The molecule has 0 atom stereocenters. The maximum Gasteiger partial charge on any atom is 0.387 e. The van der Waals surface area contributed by atoms with Gasteiger partial charge < -0.3 is 20.1 Å². The van der Waals surface area contributed by atoms with Gasteiger partial charge in [-0.3, -0.25) is 9.98 Å². The quantitative estimate of drug-likeness (QED) is 0.229. The molecule has 0 amide bonds. The molecule has 3 aromatic rings. The van der Waals surface area contributed by atoms with Gasteiger partial charge in [-0.25, -0.2) is 4.39 Å². The normalized spacial score (nSPS) is 11.0. The average Bonchev–Trinajstić information content (AvgIpc) is 2.77. The van der Waals surface area contributed by atoms with E-state index in [0.29, 0.717) is 29.4 Å². The van der Waals surface area contributed by atoms with Crippen LogP contribution in [0.4, 0.5) is 13.2 Å². The maximum absolute atomic E-state index is 14.4. The predicted octanol–water partition coefficient (Wildman–Crippen LogP) is 5.10. The van der Waals surface area contributed by atoms with Gasteiger partial charge in [0.25, 0.3) is 0 Å². The SMILES string of the molecule is CN=C(NCc1ccc(Oc2cccnc2)c(F)c1)NCc1ccccc1OC(F)F.I. The lowest BCUT2D eigenvalue weighted by molar-refractivity contribution is -0.0504. The number of guanidine groups is 1. The molecule has 0 saturated carbocycles. The Labute approximate surface area is 200 Å². The zero-order valence-electron chi connectivity index (χ0n) is 17.1. The number of nitrogens with one attached hydrogen (secondary N) is 2. The minimum absolute atomic E-state index is 0. The van der Waals surface area contributed by atoms with Crippen LogP contribution in [0.5, 0.6) is 17.2 Å². The third-order valence-electron chi connectivity index (χ3n) is 4.18. The molecule has 170 valence electrons. The zero-order chi connectivity index (χ0) is 22.1. The van der Waals surface area contributed by atoms with Crippen molar-refractivity contribution in [2.45, 2.75) is 19.7 Å². The molecule has 2 N–H and O–H groups in total. The highest BCUT2D eigenvalue weighted by atomic mass is 127. The van der Waals surface area contributed by atoms with Crippen LogP contribution in [0.25, 0.3) is 0 Å². The van der Waals surface area contributed by atoms with Crippen LogP contribution >= 0.6 is 24.0 Å². The van der Waals surface area contributed by atoms with E-state index < -0.39 is 12.4 Å². The van der Waals surface area contributed by atoms with Crippen molar-refractivity contribution in [1.29, 1.82) is 0 Å². The molecule has 1 aromatic heterocycles. The predicted molar refractivity (Wildman–Crippen MR) is 126 cm³/mol. The third-order valence-corrected chi connectivity index (χ3v) is 4.18. The van der Waals surface area contributed by atoms with E-state index in [2.05, 4.69) is 25.3 Å². The first-order chi connectivity index (χ1) is 15.0. The summed E-state index contributed by atoms with van der Waals surface area (Å²) in [5.41, 5.74) is 1.22. The van der Waals surface area contributed by atoms with Gasteiger partial charge in [-0.2, -0.15) is 8.78 Å². The summed E-state index contributed by atoms with van der Waals surface area (Å²) in [5, 5.41) is 6.06. The van der Waals surface area contributed by atoms with Crippen LogP contribution in [0.1, 0.15) is 11.1 Å². The van der Waals surface area contributed by atoms with Crippen molar-refractivity contribution < 1.29 is 22.6 Å². The van der Waals surface area contributed by atoms with Crippen LogP contribution in [-0.4, -0.2) is 24.6 Å². The van der Waals surface area contributed by atoms with Gasteiger partial charge >= 0.3 is 6.61 Å². The van der Waals surface area contributed by atoms with Gasteiger partial charge in [-0.1, -0.05) is 24.3 Å². The van der Waals surface area contributed by atoms with E-state index in [1.54, 1.807) is 49.6 Å². The molecule has 0 spiro atoms. The van der Waals surface area contributed by atoms with Gasteiger partial charge in [0.1, 0.15) is 11.5 Å². The second kappa shape index (κ2) is 12.7. The molecule has 3 rings (SSSR count). The van der Waals surface area contributed by atoms with Crippen molar-refractivity contribution in [3.63, 3.8) is 0 Å². The number of aromatic nitrogens is 1. The second-order valence-electron chi connectivity index (χ2n) is 6.32. The Kier molecular flexibility index (Phi) is 10.1. The molecule has 1 heterocycles. The maximum atomic E-state index is 14.4. The molecule has 0 aliphatic rings. The number of hydrogen-bond acceptors (Lipinski definition) is 4. The van der Waals surface area contributed by atoms with E-state index in [1.807, 2.05) is 0 Å². The van der Waals surface area contributed by atoms with Crippen LogP contribution in [0.15, 0.2) is 72.0 Å². The second-order valence-corrected chi connectivity index (χ2v) is 6.32. The zero-order valence-corrected chi connectivity index (χ0v) is 19.4. The van der Waals surface area contributed by atoms with Crippen molar-refractivity contribution in [3.8, 4) is 17.2 Å². The fourth-order valence-corrected chi connectivity index (χ4v) is 2.72. The first-order valence-corrected chi connectivity index (χ1v) is 9.38. The third kappa shape index (κ3) is 7.59. The number of aliphatic imine (C=N–C) groups is 1. The molecule has 32 heavy (non-hydrogen) atoms. The molecule has 6 nitrogen and oxygen atoms in total. The van der Waals surface area contributed by atoms with Gasteiger partial charge in [-0.15, -0.1) is 24.0 Å². The summed E-state index contributed by atoms with van der Waals surface area (Å²) in [6, 6.07) is 14.5. The van der Waals surface area contributed by atoms with E-state index >= 15 is 0 Å². The lowest BCUT2D eigenvalue weighted by Gasteiger charge is -2.15. The summed E-state index contributed by atoms with van der Waals surface area (Å²) in [4.78, 5) is 8.01. The molecule has 0 unspecified atom stereocenters. The highest BCUT2D eigenvalue weighted by Crippen LogP contribution is 2.24. The van der Waals surface area contributed by atoms with E-state index in [9.17, 15) is 13.2 Å². The van der Waals surface area contributed by atoms with Gasteiger partial charge in [0, 0.05) is 31.9 Å². The molecule has 10 heteroatoms. The van der Waals surface area contributed by atoms with Crippen LogP contribution in [-0.2, 0) is 13.1 Å². The molecule has 2 aromatic carbocycles. The van der Waals surface area contributed by atoms with Crippen LogP contribution < -0.4 is 20.1 Å². The van der Waals surface area contributed by atoms with Gasteiger partial charge in [0.15, 0.2) is 17.5 Å². The number of rotatable bonds is 8. The highest BCUT2D eigenvalue weighted by molar-refractivity contribution is 14.0. The first kappa shape index (κ1) is 25.2. The summed E-state index contributed by atoms with van der Waals surface area (Å²) in [5.74, 6) is 0.529. The van der Waals surface area contributed by atoms with E-state index in [1.165, 1.54) is 24.4 Å². The fraction of sp³-hybridized carbons (Fsp3) is 0.182. The number of alkyl halides is 2. The van der Waals surface area contributed by atoms with Crippen molar-refractivity contribution in [1.82, 2.24) is 15.6 Å². The largest absolute Gasteiger partial charge is 0.453 e. The molecule has 0 aliphatic carbocycles. The fourth-order valence-electron chi connectivity index (χ4n) is 2.72. The van der Waals surface area contributed by atoms with Gasteiger partial charge in [0.05, 0.1) is 6.20 Å². The minimum atomic E-state index is -2.90. The number of pyridine rings is 1. The lowest BCUT2D eigenvalue weighted by Crippen LogP contribution is -2.36. The molecule has 0 radical (unpaired) electrons. The molecule has 0 saturated heterocycles. The Morgan fingerprint density at radius 1 is 1.03 bits per heavy atom. The topological polar surface area (TPSA) is 67.8 Å². The van der Waals surface area contributed by atoms with Crippen molar-refractivity contribution in [2.75, 3.05) is 7.05 Å². The Hall–Kier alpha value is -3.02. The lowest BCUT2D eigenvalue weighted by atomic mass is 10.2. The number of nitrogens with zero attached hydrogens (tertiary/aromatic N) is 2. The average molecular weight is 558 g/mol. The number of hydrogen-bond donors (Lipinski definition) is 2. The number of ether oxygens (including phenoxy) is 2. The van der Waals surface area contributed by atoms with Crippen LogP contribution in [0.2, 0.25) is 0 Å². The summed E-state index contributed by atoms with van der Waals surface area (Å²) < 4.78 is 49.4. The Bertz CT molecular complexity index is 1020. The van der Waals surface area contributed by atoms with Crippen molar-refractivity contribution in [3.05, 3.63) is 83.9 Å². The number of para-hydroxylation sites is 1. The number of benzene rings is 2. The molecule has 0 bridgehead atoms. The standard InChI is InChI=1S/C22H21F3N4O2.HI/c1-26-22(29-13-16-5-2-3-7-19(16)31-21(24)25)28-12-15-8-9-20(18(23)11-15)30-17-6-4-10-27-14-17;/h2-11,14,21H,12-13H2,1H3,(H2,26,28,29);1H. The van der Waals surface area contributed by atoms with E-state index in [4.69, 9.17) is 4.74 Å². The van der Waals surface area contributed by atoms with Crippen LogP contribution in [0, 0.1) is 5.82 Å². The Morgan fingerprint density at radius 2 is 1.81 bits per heavy atom.